The minimum Gasteiger partial charge on any atom is -0.351 e. The average Bonchev–Trinajstić information content (AvgIpc) is 2.72. The van der Waals surface area contributed by atoms with Gasteiger partial charge in [-0.25, -0.2) is 0 Å². The van der Waals surface area contributed by atoms with Gasteiger partial charge < -0.3 is 5.32 Å². The lowest BCUT2D eigenvalue weighted by Gasteiger charge is -2.39. The van der Waals surface area contributed by atoms with Gasteiger partial charge in [0.25, 0.3) is 0 Å². The zero-order valence-corrected chi connectivity index (χ0v) is 11.7. The van der Waals surface area contributed by atoms with E-state index in [1.807, 2.05) is 20.2 Å². The smallest absolute Gasteiger partial charge is 0.240 e. The molecule has 5 heteroatoms. The first-order chi connectivity index (χ1) is 9.00. The fourth-order valence-electron chi connectivity index (χ4n) is 2.83. The molecule has 1 heterocycles. The van der Waals surface area contributed by atoms with Gasteiger partial charge in [-0.2, -0.15) is 10.4 Å². The molecule has 0 unspecified atom stereocenters. The Balaban J connectivity index is 1.99. The molecule has 0 saturated heterocycles. The van der Waals surface area contributed by atoms with Crippen LogP contribution in [-0.4, -0.2) is 15.7 Å². The summed E-state index contributed by atoms with van der Waals surface area (Å²) in [7, 11) is 1.87. The maximum absolute atomic E-state index is 12.1. The van der Waals surface area contributed by atoms with Gasteiger partial charge in [0.15, 0.2) is 0 Å². The molecule has 1 saturated carbocycles. The number of rotatable bonds is 4. The second-order valence-electron chi connectivity index (χ2n) is 5.52. The lowest BCUT2D eigenvalue weighted by Crippen LogP contribution is -2.47. The topological polar surface area (TPSA) is 70.7 Å². The third-order valence-corrected chi connectivity index (χ3v) is 3.81. The summed E-state index contributed by atoms with van der Waals surface area (Å²) in [4.78, 5) is 12.1. The molecule has 102 valence electrons. The van der Waals surface area contributed by atoms with E-state index in [0.29, 0.717) is 25.3 Å². The Morgan fingerprint density at radius 2 is 2.37 bits per heavy atom. The van der Waals surface area contributed by atoms with E-state index in [1.54, 1.807) is 4.68 Å². The van der Waals surface area contributed by atoms with Crippen LogP contribution in [0.25, 0.3) is 0 Å². The van der Waals surface area contributed by atoms with Crippen molar-refractivity contribution in [2.24, 2.45) is 18.4 Å². The van der Waals surface area contributed by atoms with Crippen LogP contribution in [0.15, 0.2) is 6.20 Å². The molecule has 1 aliphatic rings. The zero-order chi connectivity index (χ0) is 14.0. The van der Waals surface area contributed by atoms with Crippen molar-refractivity contribution in [3.8, 4) is 6.07 Å². The summed E-state index contributed by atoms with van der Waals surface area (Å²) >= 11 is 0. The van der Waals surface area contributed by atoms with E-state index in [9.17, 15) is 10.1 Å². The molecule has 0 atom stereocenters. The summed E-state index contributed by atoms with van der Waals surface area (Å²) in [5, 5.41) is 16.4. The Morgan fingerprint density at radius 1 is 1.68 bits per heavy atom. The molecular weight excluding hydrogens is 240 g/mol. The lowest BCUT2D eigenvalue weighted by atomic mass is 9.63. The van der Waals surface area contributed by atoms with Gasteiger partial charge in [0, 0.05) is 25.4 Å². The number of aromatic nitrogens is 2. The number of amides is 1. The van der Waals surface area contributed by atoms with E-state index in [1.165, 1.54) is 0 Å². The maximum Gasteiger partial charge on any atom is 0.240 e. The number of hydrogen-bond acceptors (Lipinski definition) is 3. The van der Waals surface area contributed by atoms with Gasteiger partial charge in [-0.1, -0.05) is 13.8 Å². The van der Waals surface area contributed by atoms with Gasteiger partial charge >= 0.3 is 0 Å². The van der Waals surface area contributed by atoms with E-state index >= 15 is 0 Å². The Kier molecular flexibility index (Phi) is 3.61. The molecule has 0 aliphatic heterocycles. The summed E-state index contributed by atoms with van der Waals surface area (Å²) < 4.78 is 1.76. The van der Waals surface area contributed by atoms with Gasteiger partial charge in [-0.3, -0.25) is 9.48 Å². The molecule has 1 amide bonds. The van der Waals surface area contributed by atoms with E-state index in [-0.39, 0.29) is 5.91 Å². The third kappa shape index (κ3) is 2.48. The highest BCUT2D eigenvalue weighted by Crippen LogP contribution is 2.45. The molecule has 0 radical (unpaired) electrons. The van der Waals surface area contributed by atoms with Crippen molar-refractivity contribution in [3.05, 3.63) is 17.5 Å². The Labute approximate surface area is 113 Å². The van der Waals surface area contributed by atoms with Crippen LogP contribution in [-0.2, 0) is 24.8 Å². The number of carbonyl (C=O) groups is 1. The van der Waals surface area contributed by atoms with Crippen LogP contribution in [0.4, 0.5) is 0 Å². The molecule has 1 aromatic heterocycles. The van der Waals surface area contributed by atoms with Crippen molar-refractivity contribution in [2.75, 3.05) is 0 Å². The van der Waals surface area contributed by atoms with Crippen LogP contribution in [0, 0.1) is 22.7 Å². The number of nitriles is 1. The summed E-state index contributed by atoms with van der Waals surface area (Å²) in [6.45, 7) is 4.56. The van der Waals surface area contributed by atoms with Crippen LogP contribution in [0.5, 0.6) is 0 Å². The number of nitrogens with one attached hydrogen (secondary N) is 1. The Hall–Kier alpha value is -1.83. The first-order valence-electron chi connectivity index (χ1n) is 6.71. The Bertz CT molecular complexity index is 520. The van der Waals surface area contributed by atoms with Crippen molar-refractivity contribution in [2.45, 2.75) is 39.7 Å². The van der Waals surface area contributed by atoms with Gasteiger partial charge in [-0.15, -0.1) is 0 Å². The van der Waals surface area contributed by atoms with Crippen molar-refractivity contribution >= 4 is 5.91 Å². The Morgan fingerprint density at radius 3 is 2.89 bits per heavy atom. The van der Waals surface area contributed by atoms with E-state index in [0.717, 1.165) is 17.7 Å². The summed E-state index contributed by atoms with van der Waals surface area (Å²) in [6.07, 6.45) is 4.10. The molecule has 0 bridgehead atoms. The quantitative estimate of drug-likeness (QED) is 0.892. The first-order valence-corrected chi connectivity index (χ1v) is 6.71. The number of carbonyl (C=O) groups excluding carboxylic acids is 1. The second kappa shape index (κ2) is 5.04. The molecule has 1 aromatic rings. The van der Waals surface area contributed by atoms with Crippen molar-refractivity contribution in [1.29, 1.82) is 5.26 Å². The van der Waals surface area contributed by atoms with Gasteiger partial charge in [-0.05, 0) is 25.2 Å². The van der Waals surface area contributed by atoms with Crippen LogP contribution >= 0.6 is 0 Å². The highest BCUT2D eigenvalue weighted by atomic mass is 16.2. The highest BCUT2D eigenvalue weighted by Gasteiger charge is 2.48. The largest absolute Gasteiger partial charge is 0.351 e. The van der Waals surface area contributed by atoms with Crippen LogP contribution in [0.2, 0.25) is 0 Å². The predicted octanol–water partition coefficient (Wildman–Crippen LogP) is 1.54. The van der Waals surface area contributed by atoms with Crippen LogP contribution < -0.4 is 5.32 Å². The van der Waals surface area contributed by atoms with Crippen LogP contribution in [0.3, 0.4) is 0 Å². The molecular formula is C14H20N4O. The number of aryl methyl sites for hydroxylation is 2. The second-order valence-corrected chi connectivity index (χ2v) is 5.52. The molecule has 5 nitrogen and oxygen atoms in total. The summed E-state index contributed by atoms with van der Waals surface area (Å²) in [5.74, 6) is 0.328. The molecule has 19 heavy (non-hydrogen) atoms. The summed E-state index contributed by atoms with van der Waals surface area (Å²) in [6, 6.07) is 2.18. The normalized spacial score (nSPS) is 25.5. The SMILES string of the molecule is CCc1nn(C)cc1CNC(=O)C1(C#N)CC(C)C1. The maximum atomic E-state index is 12.1. The lowest BCUT2D eigenvalue weighted by molar-refractivity contribution is -0.134. The predicted molar refractivity (Wildman–Crippen MR) is 70.9 cm³/mol. The molecule has 1 N–H and O–H groups in total. The number of hydrogen-bond donors (Lipinski definition) is 1. The molecule has 2 rings (SSSR count). The van der Waals surface area contributed by atoms with E-state index in [4.69, 9.17) is 0 Å². The third-order valence-electron chi connectivity index (χ3n) is 3.81. The molecule has 1 aliphatic carbocycles. The highest BCUT2D eigenvalue weighted by molar-refractivity contribution is 5.86. The minimum atomic E-state index is -0.798. The molecule has 0 aromatic carbocycles. The first kappa shape index (κ1) is 13.6. The standard InChI is InChI=1S/C14H20N4O/c1-4-12-11(8-18(3)17-12)7-16-13(19)14(9-15)5-10(2)6-14/h8,10H,4-7H2,1-3H3,(H,16,19). The van der Waals surface area contributed by atoms with Gasteiger partial charge in [0.2, 0.25) is 5.91 Å². The van der Waals surface area contributed by atoms with E-state index in [2.05, 4.69) is 23.4 Å². The fourth-order valence-corrected chi connectivity index (χ4v) is 2.83. The van der Waals surface area contributed by atoms with Crippen LogP contribution in [0.1, 0.15) is 37.9 Å². The van der Waals surface area contributed by atoms with Crippen molar-refractivity contribution < 1.29 is 4.79 Å². The van der Waals surface area contributed by atoms with Gasteiger partial charge in [0.05, 0.1) is 11.8 Å². The number of nitrogens with zero attached hydrogens (tertiary/aromatic N) is 3. The zero-order valence-electron chi connectivity index (χ0n) is 11.7. The minimum absolute atomic E-state index is 0.140. The fraction of sp³-hybridized carbons (Fsp3) is 0.643. The van der Waals surface area contributed by atoms with E-state index < -0.39 is 5.41 Å². The molecule has 0 spiro atoms. The summed E-state index contributed by atoms with van der Waals surface area (Å²) in [5.41, 5.74) is 1.23. The average molecular weight is 260 g/mol. The van der Waals surface area contributed by atoms with Crippen molar-refractivity contribution in [3.63, 3.8) is 0 Å². The molecule has 1 fully saturated rings. The monoisotopic (exact) mass is 260 g/mol. The van der Waals surface area contributed by atoms with Gasteiger partial charge in [0.1, 0.15) is 5.41 Å². The van der Waals surface area contributed by atoms with Crippen molar-refractivity contribution in [1.82, 2.24) is 15.1 Å².